The van der Waals surface area contributed by atoms with Crippen molar-refractivity contribution in [2.24, 2.45) is 0 Å². The summed E-state index contributed by atoms with van der Waals surface area (Å²) in [6.45, 7) is -0.168. The fourth-order valence-corrected chi connectivity index (χ4v) is 2.25. The number of benzene rings is 1. The van der Waals surface area contributed by atoms with Gasteiger partial charge < -0.3 is 9.73 Å². The average Bonchev–Trinajstić information content (AvgIpc) is 2.87. The molecule has 0 aliphatic carbocycles. The zero-order valence-corrected chi connectivity index (χ0v) is 11.6. The summed E-state index contributed by atoms with van der Waals surface area (Å²) < 4.78 is 69.5. The Labute approximate surface area is 118 Å². The average molecular weight is 320 g/mol. The first-order valence-corrected chi connectivity index (χ1v) is 7.22. The van der Waals surface area contributed by atoms with Gasteiger partial charge in [0.05, 0.1) is 6.54 Å². The van der Waals surface area contributed by atoms with Crippen LogP contribution >= 0.6 is 0 Å². The standard InChI is InChI=1S/C12H11F3N2O3S/c1-16-21(18,19)11-3-2-8(20-11)6-17-12-9(14)4-7(13)5-10(12)15/h2-5,16-17H,6H2,1H3. The molecule has 0 fully saturated rings. The molecule has 0 bridgehead atoms. The SMILES string of the molecule is CNS(=O)(=O)c1ccc(CNc2c(F)cc(F)cc2F)o1. The Morgan fingerprint density at radius 1 is 1.14 bits per heavy atom. The van der Waals surface area contributed by atoms with Gasteiger partial charge in [-0.05, 0) is 19.2 Å². The van der Waals surface area contributed by atoms with E-state index in [0.29, 0.717) is 12.1 Å². The van der Waals surface area contributed by atoms with Crippen LogP contribution in [0.4, 0.5) is 18.9 Å². The third-order valence-electron chi connectivity index (χ3n) is 2.62. The van der Waals surface area contributed by atoms with Gasteiger partial charge in [0.1, 0.15) is 17.3 Å². The number of nitrogens with one attached hydrogen (secondary N) is 2. The van der Waals surface area contributed by atoms with Crippen LogP contribution in [0.25, 0.3) is 0 Å². The van der Waals surface area contributed by atoms with Gasteiger partial charge in [-0.25, -0.2) is 26.3 Å². The summed E-state index contributed by atoms with van der Waals surface area (Å²) in [4.78, 5) is 0. The Morgan fingerprint density at radius 3 is 2.33 bits per heavy atom. The maximum Gasteiger partial charge on any atom is 0.273 e. The van der Waals surface area contributed by atoms with E-state index >= 15 is 0 Å². The van der Waals surface area contributed by atoms with E-state index in [1.54, 1.807) is 0 Å². The van der Waals surface area contributed by atoms with Gasteiger partial charge in [-0.1, -0.05) is 0 Å². The van der Waals surface area contributed by atoms with Crippen molar-refractivity contribution in [3.63, 3.8) is 0 Å². The molecular formula is C12H11F3N2O3S. The second kappa shape index (κ2) is 5.78. The number of hydrogen-bond acceptors (Lipinski definition) is 4. The van der Waals surface area contributed by atoms with Gasteiger partial charge in [0.2, 0.25) is 5.09 Å². The Bertz CT molecular complexity index is 736. The largest absolute Gasteiger partial charge is 0.446 e. The summed E-state index contributed by atoms with van der Waals surface area (Å²) in [5, 5.41) is 2.06. The highest BCUT2D eigenvalue weighted by Gasteiger charge is 2.17. The van der Waals surface area contributed by atoms with Crippen LogP contribution in [0, 0.1) is 17.5 Å². The molecule has 2 N–H and O–H groups in total. The lowest BCUT2D eigenvalue weighted by atomic mass is 10.2. The molecule has 2 aromatic rings. The topological polar surface area (TPSA) is 71.3 Å². The van der Waals surface area contributed by atoms with Crippen LogP contribution in [0.3, 0.4) is 0 Å². The first kappa shape index (κ1) is 15.4. The number of halogens is 3. The lowest BCUT2D eigenvalue weighted by Crippen LogP contribution is -2.17. The second-order valence-electron chi connectivity index (χ2n) is 4.03. The predicted molar refractivity (Wildman–Crippen MR) is 68.6 cm³/mol. The van der Waals surface area contributed by atoms with Gasteiger partial charge in [0.25, 0.3) is 10.0 Å². The molecule has 9 heteroatoms. The molecule has 0 saturated carbocycles. The van der Waals surface area contributed by atoms with E-state index in [1.165, 1.54) is 19.2 Å². The van der Waals surface area contributed by atoms with Crippen LogP contribution in [0.15, 0.2) is 33.8 Å². The number of furan rings is 1. The van der Waals surface area contributed by atoms with Gasteiger partial charge >= 0.3 is 0 Å². The molecule has 2 rings (SSSR count). The maximum atomic E-state index is 13.4. The van der Waals surface area contributed by atoms with E-state index < -0.39 is 33.2 Å². The van der Waals surface area contributed by atoms with E-state index in [-0.39, 0.29) is 17.4 Å². The number of sulfonamides is 1. The van der Waals surface area contributed by atoms with Gasteiger partial charge in [0, 0.05) is 12.1 Å². The van der Waals surface area contributed by atoms with Crippen molar-refractivity contribution in [3.05, 3.63) is 47.5 Å². The van der Waals surface area contributed by atoms with Gasteiger partial charge in [-0.15, -0.1) is 0 Å². The fraction of sp³-hybridized carbons (Fsp3) is 0.167. The lowest BCUT2D eigenvalue weighted by molar-refractivity contribution is 0.416. The molecule has 0 saturated heterocycles. The number of rotatable bonds is 5. The molecule has 1 aromatic heterocycles. The zero-order valence-electron chi connectivity index (χ0n) is 10.8. The molecule has 1 aromatic carbocycles. The van der Waals surface area contributed by atoms with Crippen molar-refractivity contribution in [2.45, 2.75) is 11.6 Å². The van der Waals surface area contributed by atoms with Crippen LogP contribution in [-0.2, 0) is 16.6 Å². The van der Waals surface area contributed by atoms with E-state index in [1.807, 2.05) is 0 Å². The summed E-state index contributed by atoms with van der Waals surface area (Å²) in [5.41, 5.74) is -0.522. The molecule has 114 valence electrons. The molecule has 0 amide bonds. The van der Waals surface area contributed by atoms with Gasteiger partial charge in [0.15, 0.2) is 11.6 Å². The molecule has 21 heavy (non-hydrogen) atoms. The first-order valence-electron chi connectivity index (χ1n) is 5.74. The van der Waals surface area contributed by atoms with Crippen LogP contribution in [0.5, 0.6) is 0 Å². The van der Waals surface area contributed by atoms with Crippen LogP contribution in [-0.4, -0.2) is 15.5 Å². The molecule has 0 aliphatic heterocycles. The smallest absolute Gasteiger partial charge is 0.273 e. The van der Waals surface area contributed by atoms with Gasteiger partial charge in [-0.2, -0.15) is 0 Å². The summed E-state index contributed by atoms with van der Waals surface area (Å²) in [5.74, 6) is -3.08. The van der Waals surface area contributed by atoms with Crippen molar-refractivity contribution < 1.29 is 26.0 Å². The van der Waals surface area contributed by atoms with E-state index in [0.717, 1.165) is 0 Å². The quantitative estimate of drug-likeness (QED) is 0.886. The van der Waals surface area contributed by atoms with Gasteiger partial charge in [-0.3, -0.25) is 0 Å². The van der Waals surface area contributed by atoms with Crippen molar-refractivity contribution in [2.75, 3.05) is 12.4 Å². The third-order valence-corrected chi connectivity index (χ3v) is 3.90. The highest BCUT2D eigenvalue weighted by molar-refractivity contribution is 7.89. The minimum Gasteiger partial charge on any atom is -0.446 e. The molecule has 0 atom stereocenters. The molecule has 0 aliphatic rings. The minimum atomic E-state index is -3.72. The second-order valence-corrected chi connectivity index (χ2v) is 5.84. The maximum absolute atomic E-state index is 13.4. The van der Waals surface area contributed by atoms with Crippen molar-refractivity contribution in [1.82, 2.24) is 4.72 Å². The Kier molecular flexibility index (Phi) is 4.24. The van der Waals surface area contributed by atoms with E-state index in [9.17, 15) is 21.6 Å². The Hall–Kier alpha value is -2.00. The molecule has 0 spiro atoms. The number of hydrogen-bond donors (Lipinski definition) is 2. The Balaban J connectivity index is 2.15. The zero-order chi connectivity index (χ0) is 15.6. The van der Waals surface area contributed by atoms with Crippen LogP contribution in [0.1, 0.15) is 5.76 Å². The summed E-state index contributed by atoms with van der Waals surface area (Å²) in [6, 6.07) is 3.62. The predicted octanol–water partition coefficient (Wildman–Crippen LogP) is 2.22. The van der Waals surface area contributed by atoms with E-state index in [4.69, 9.17) is 4.42 Å². The lowest BCUT2D eigenvalue weighted by Gasteiger charge is -2.07. The van der Waals surface area contributed by atoms with Crippen LogP contribution in [0.2, 0.25) is 0 Å². The highest BCUT2D eigenvalue weighted by Crippen LogP contribution is 2.21. The van der Waals surface area contributed by atoms with Crippen molar-refractivity contribution in [1.29, 1.82) is 0 Å². The molecule has 1 heterocycles. The van der Waals surface area contributed by atoms with E-state index in [2.05, 4.69) is 10.0 Å². The Morgan fingerprint density at radius 2 is 1.76 bits per heavy atom. The summed E-state index contributed by atoms with van der Waals surface area (Å²) in [7, 11) is -2.50. The number of anilines is 1. The summed E-state index contributed by atoms with van der Waals surface area (Å²) in [6.07, 6.45) is 0. The first-order chi connectivity index (χ1) is 9.83. The van der Waals surface area contributed by atoms with Crippen molar-refractivity contribution in [3.8, 4) is 0 Å². The third kappa shape index (κ3) is 3.37. The molecule has 0 unspecified atom stereocenters. The normalized spacial score (nSPS) is 11.6. The highest BCUT2D eigenvalue weighted by atomic mass is 32.2. The van der Waals surface area contributed by atoms with Crippen molar-refractivity contribution >= 4 is 15.7 Å². The van der Waals surface area contributed by atoms with Crippen LogP contribution < -0.4 is 10.0 Å². The fourth-order valence-electron chi connectivity index (χ4n) is 1.58. The summed E-state index contributed by atoms with van der Waals surface area (Å²) >= 11 is 0. The molecular weight excluding hydrogens is 309 g/mol. The minimum absolute atomic E-state index is 0.145. The molecule has 0 radical (unpaired) electrons. The monoisotopic (exact) mass is 320 g/mol. The molecule has 5 nitrogen and oxygen atoms in total.